The van der Waals surface area contributed by atoms with E-state index < -0.39 is 0 Å². The molecule has 3 N–H and O–H groups in total. The molecule has 4 heteroatoms. The van der Waals surface area contributed by atoms with Crippen molar-refractivity contribution in [2.24, 2.45) is 17.7 Å². The van der Waals surface area contributed by atoms with Crippen LogP contribution in [0.25, 0.3) is 0 Å². The third-order valence-corrected chi connectivity index (χ3v) is 4.50. The molecule has 0 aromatic carbocycles. The standard InChI is InChI=1S/C14H27N3O/c1-14(2,3)17(15)13(18)12-11-7-5-4-6-10(11)8-9-16-12/h10-12,16H,4-9,15H2,1-3H3. The Bertz CT molecular complexity index is 309. The number of carbonyl (C=O) groups excluding carboxylic acids is 1. The second-order valence-electron chi connectivity index (χ2n) is 6.81. The molecule has 1 saturated heterocycles. The second-order valence-corrected chi connectivity index (χ2v) is 6.81. The van der Waals surface area contributed by atoms with Crippen LogP contribution in [0.15, 0.2) is 0 Å². The van der Waals surface area contributed by atoms with Gasteiger partial charge in [-0.2, -0.15) is 0 Å². The lowest BCUT2D eigenvalue weighted by molar-refractivity contribution is -0.142. The number of hydrogen-bond acceptors (Lipinski definition) is 3. The first-order valence-corrected chi connectivity index (χ1v) is 7.23. The predicted molar refractivity (Wildman–Crippen MR) is 72.6 cm³/mol. The second kappa shape index (κ2) is 5.17. The molecular weight excluding hydrogens is 226 g/mol. The monoisotopic (exact) mass is 253 g/mol. The SMILES string of the molecule is CC(C)(C)N(N)C(=O)C1NCCC2CCCCC21. The summed E-state index contributed by atoms with van der Waals surface area (Å²) < 4.78 is 0. The molecule has 3 atom stereocenters. The van der Waals surface area contributed by atoms with Crippen LogP contribution in [0.4, 0.5) is 0 Å². The van der Waals surface area contributed by atoms with Crippen LogP contribution < -0.4 is 11.2 Å². The van der Waals surface area contributed by atoms with Gasteiger partial charge in [0.2, 0.25) is 0 Å². The van der Waals surface area contributed by atoms with Crippen molar-refractivity contribution in [2.45, 2.75) is 64.5 Å². The molecule has 0 bridgehead atoms. The van der Waals surface area contributed by atoms with Gasteiger partial charge in [-0.1, -0.05) is 19.3 Å². The molecule has 0 aromatic heterocycles. The molecule has 2 rings (SSSR count). The maximum Gasteiger partial charge on any atom is 0.254 e. The Hall–Kier alpha value is -0.610. The summed E-state index contributed by atoms with van der Waals surface area (Å²) in [5, 5.41) is 4.82. The number of piperidine rings is 1. The summed E-state index contributed by atoms with van der Waals surface area (Å²) in [6, 6.07) is -0.0618. The minimum atomic E-state index is -0.305. The minimum Gasteiger partial charge on any atom is -0.306 e. The van der Waals surface area contributed by atoms with Gasteiger partial charge in [-0.05, 0) is 52.0 Å². The lowest BCUT2D eigenvalue weighted by Gasteiger charge is -2.44. The van der Waals surface area contributed by atoms with Gasteiger partial charge in [0.1, 0.15) is 0 Å². The Morgan fingerprint density at radius 1 is 1.22 bits per heavy atom. The molecule has 0 spiro atoms. The summed E-state index contributed by atoms with van der Waals surface area (Å²) in [6.07, 6.45) is 6.26. The Morgan fingerprint density at radius 3 is 2.56 bits per heavy atom. The van der Waals surface area contributed by atoms with Crippen LogP contribution in [0.3, 0.4) is 0 Å². The van der Waals surface area contributed by atoms with Crippen molar-refractivity contribution in [3.63, 3.8) is 0 Å². The molecular formula is C14H27N3O. The largest absolute Gasteiger partial charge is 0.306 e. The molecule has 3 unspecified atom stereocenters. The zero-order chi connectivity index (χ0) is 13.3. The summed E-state index contributed by atoms with van der Waals surface area (Å²) in [5.41, 5.74) is -0.305. The third-order valence-electron chi connectivity index (χ3n) is 4.50. The molecule has 2 aliphatic rings. The van der Waals surface area contributed by atoms with E-state index in [1.54, 1.807) is 0 Å². The highest BCUT2D eigenvalue weighted by molar-refractivity contribution is 5.82. The number of fused-ring (bicyclic) bond motifs is 1. The zero-order valence-corrected chi connectivity index (χ0v) is 11.9. The van der Waals surface area contributed by atoms with E-state index in [-0.39, 0.29) is 17.5 Å². The Labute approximate surface area is 110 Å². The van der Waals surface area contributed by atoms with Crippen LogP contribution in [-0.4, -0.2) is 29.0 Å². The summed E-state index contributed by atoms with van der Waals surface area (Å²) in [5.74, 6) is 7.28. The van der Waals surface area contributed by atoms with Gasteiger partial charge in [0.15, 0.2) is 0 Å². The van der Waals surface area contributed by atoms with Crippen molar-refractivity contribution in [3.05, 3.63) is 0 Å². The van der Waals surface area contributed by atoms with E-state index in [2.05, 4.69) is 5.32 Å². The summed E-state index contributed by atoms with van der Waals surface area (Å²) in [7, 11) is 0. The summed E-state index contributed by atoms with van der Waals surface area (Å²) in [4.78, 5) is 12.5. The van der Waals surface area contributed by atoms with Crippen molar-refractivity contribution in [1.29, 1.82) is 0 Å². The van der Waals surface area contributed by atoms with E-state index in [0.717, 1.165) is 12.5 Å². The first kappa shape index (κ1) is 13.8. The van der Waals surface area contributed by atoms with E-state index in [9.17, 15) is 4.79 Å². The molecule has 104 valence electrons. The molecule has 1 saturated carbocycles. The highest BCUT2D eigenvalue weighted by atomic mass is 16.2. The Kier molecular flexibility index (Phi) is 3.97. The first-order valence-electron chi connectivity index (χ1n) is 7.23. The minimum absolute atomic E-state index is 0.0618. The topological polar surface area (TPSA) is 58.4 Å². The van der Waals surface area contributed by atoms with Gasteiger partial charge in [0.25, 0.3) is 5.91 Å². The van der Waals surface area contributed by atoms with Crippen LogP contribution in [0.5, 0.6) is 0 Å². The highest BCUT2D eigenvalue weighted by Crippen LogP contribution is 2.37. The number of hydrogen-bond donors (Lipinski definition) is 2. The van der Waals surface area contributed by atoms with E-state index in [1.807, 2.05) is 20.8 Å². The maximum absolute atomic E-state index is 12.5. The fourth-order valence-corrected chi connectivity index (χ4v) is 3.36. The van der Waals surface area contributed by atoms with Crippen molar-refractivity contribution >= 4 is 5.91 Å². The molecule has 18 heavy (non-hydrogen) atoms. The molecule has 0 radical (unpaired) electrons. The fourth-order valence-electron chi connectivity index (χ4n) is 3.36. The molecule has 2 fully saturated rings. The van der Waals surface area contributed by atoms with Gasteiger partial charge in [0.05, 0.1) is 11.6 Å². The number of carbonyl (C=O) groups is 1. The van der Waals surface area contributed by atoms with E-state index in [0.29, 0.717) is 5.92 Å². The van der Waals surface area contributed by atoms with Crippen LogP contribution in [-0.2, 0) is 4.79 Å². The number of nitrogens with zero attached hydrogens (tertiary/aromatic N) is 1. The van der Waals surface area contributed by atoms with Gasteiger partial charge in [0, 0.05) is 0 Å². The van der Waals surface area contributed by atoms with Gasteiger partial charge in [-0.15, -0.1) is 0 Å². The van der Waals surface area contributed by atoms with Crippen LogP contribution in [0.2, 0.25) is 0 Å². The van der Waals surface area contributed by atoms with Crippen LogP contribution in [0.1, 0.15) is 52.9 Å². The number of amides is 1. The van der Waals surface area contributed by atoms with Gasteiger partial charge < -0.3 is 5.32 Å². The fraction of sp³-hybridized carbons (Fsp3) is 0.929. The van der Waals surface area contributed by atoms with Crippen LogP contribution >= 0.6 is 0 Å². The zero-order valence-electron chi connectivity index (χ0n) is 11.9. The van der Waals surface area contributed by atoms with Crippen molar-refractivity contribution in [3.8, 4) is 0 Å². The highest BCUT2D eigenvalue weighted by Gasteiger charge is 2.41. The van der Waals surface area contributed by atoms with Crippen molar-refractivity contribution in [1.82, 2.24) is 10.3 Å². The van der Waals surface area contributed by atoms with Gasteiger partial charge >= 0.3 is 0 Å². The van der Waals surface area contributed by atoms with Crippen molar-refractivity contribution in [2.75, 3.05) is 6.54 Å². The predicted octanol–water partition coefficient (Wildman–Crippen LogP) is 1.66. The molecule has 1 aliphatic carbocycles. The van der Waals surface area contributed by atoms with E-state index >= 15 is 0 Å². The lowest BCUT2D eigenvalue weighted by atomic mass is 9.71. The number of rotatable bonds is 1. The van der Waals surface area contributed by atoms with Gasteiger partial charge in [-0.3, -0.25) is 9.80 Å². The number of nitrogens with two attached hydrogens (primary N) is 1. The Morgan fingerprint density at radius 2 is 1.89 bits per heavy atom. The lowest BCUT2D eigenvalue weighted by Crippen LogP contribution is -2.61. The average molecular weight is 253 g/mol. The van der Waals surface area contributed by atoms with Crippen LogP contribution in [0, 0.1) is 11.8 Å². The quantitative estimate of drug-likeness (QED) is 0.424. The van der Waals surface area contributed by atoms with E-state index in [1.165, 1.54) is 37.1 Å². The normalized spacial score (nSPS) is 32.8. The number of nitrogens with one attached hydrogen (secondary N) is 1. The van der Waals surface area contributed by atoms with E-state index in [4.69, 9.17) is 5.84 Å². The molecule has 4 nitrogen and oxygen atoms in total. The maximum atomic E-state index is 12.5. The first-order chi connectivity index (χ1) is 8.41. The smallest absolute Gasteiger partial charge is 0.254 e. The van der Waals surface area contributed by atoms with Crippen molar-refractivity contribution < 1.29 is 4.79 Å². The molecule has 1 heterocycles. The molecule has 1 aliphatic heterocycles. The van der Waals surface area contributed by atoms with Gasteiger partial charge in [-0.25, -0.2) is 5.84 Å². The molecule has 0 aromatic rings. The molecule has 1 amide bonds. The summed E-state index contributed by atoms with van der Waals surface area (Å²) >= 11 is 0. The number of hydrazine groups is 1. The summed E-state index contributed by atoms with van der Waals surface area (Å²) in [6.45, 7) is 6.89. The Balaban J connectivity index is 2.09. The average Bonchev–Trinajstić information content (AvgIpc) is 2.35. The third kappa shape index (κ3) is 2.69.